The number of hydrogen-bond acceptors (Lipinski definition) is 4. The lowest BCUT2D eigenvalue weighted by molar-refractivity contribution is -0.133. The first-order valence-electron chi connectivity index (χ1n) is 6.51. The molecule has 2 aromatic heterocycles. The smallest absolute Gasteiger partial charge is 0.313 e. The predicted octanol–water partition coefficient (Wildman–Crippen LogP) is 3.76. The van der Waals surface area contributed by atoms with E-state index < -0.39 is 5.97 Å². The predicted molar refractivity (Wildman–Crippen MR) is 87.4 cm³/mol. The quantitative estimate of drug-likeness (QED) is 0.561. The van der Waals surface area contributed by atoms with Crippen LogP contribution in [0.4, 0.5) is 0 Å². The maximum absolute atomic E-state index is 10.8. The van der Waals surface area contributed by atoms with Crippen LogP contribution in [0, 0.1) is 6.92 Å². The highest BCUT2D eigenvalue weighted by Gasteiger charge is 2.13. The van der Waals surface area contributed by atoms with Crippen LogP contribution in [0.5, 0.6) is 0 Å². The topological polar surface area (TPSA) is 78.9 Å². The fourth-order valence-electron chi connectivity index (χ4n) is 2.11. The van der Waals surface area contributed by atoms with Crippen LogP contribution in [0.2, 0.25) is 5.02 Å². The van der Waals surface area contributed by atoms with E-state index >= 15 is 0 Å². The number of halogens is 1. The fourth-order valence-corrected chi connectivity index (χ4v) is 3.02. The summed E-state index contributed by atoms with van der Waals surface area (Å²) in [5.41, 5.74) is 2.43. The molecule has 0 radical (unpaired) electrons. The minimum Gasteiger partial charge on any atom is -0.481 e. The van der Waals surface area contributed by atoms with Gasteiger partial charge in [-0.15, -0.1) is 0 Å². The number of benzene rings is 1. The Morgan fingerprint density at radius 1 is 1.36 bits per heavy atom. The number of H-pyrrole nitrogens is 1. The molecule has 0 aliphatic carbocycles. The summed E-state index contributed by atoms with van der Waals surface area (Å²) in [6.45, 7) is 1.92. The highest BCUT2D eigenvalue weighted by Crippen LogP contribution is 2.29. The summed E-state index contributed by atoms with van der Waals surface area (Å²) in [5.74, 6) is -0.413. The van der Waals surface area contributed by atoms with Crippen molar-refractivity contribution in [3.8, 4) is 11.4 Å². The molecule has 0 atom stereocenters. The molecule has 0 saturated heterocycles. The summed E-state index contributed by atoms with van der Waals surface area (Å²) in [6, 6.07) is 9.18. The van der Waals surface area contributed by atoms with Gasteiger partial charge in [0.15, 0.2) is 5.82 Å². The first-order chi connectivity index (χ1) is 10.5. The highest BCUT2D eigenvalue weighted by molar-refractivity contribution is 8.00. The van der Waals surface area contributed by atoms with Gasteiger partial charge in [-0.3, -0.25) is 4.79 Å². The van der Waals surface area contributed by atoms with Crippen LogP contribution in [0.25, 0.3) is 22.4 Å². The summed E-state index contributed by atoms with van der Waals surface area (Å²) < 4.78 is 0. The fraction of sp³-hybridized carbons (Fsp3) is 0.133. The number of carboxylic acids is 1. The number of aliphatic carboxylic acids is 1. The van der Waals surface area contributed by atoms with Crippen molar-refractivity contribution in [1.82, 2.24) is 15.0 Å². The Morgan fingerprint density at radius 2 is 2.18 bits per heavy atom. The van der Waals surface area contributed by atoms with E-state index in [9.17, 15) is 4.79 Å². The Balaban J connectivity index is 2.13. The average Bonchev–Trinajstić information content (AvgIpc) is 2.84. The Hall–Kier alpha value is -2.05. The minimum absolute atomic E-state index is 0.0503. The van der Waals surface area contributed by atoms with Crippen LogP contribution in [0.15, 0.2) is 35.4 Å². The largest absolute Gasteiger partial charge is 0.481 e. The number of aromatic amines is 1. The number of rotatable bonds is 4. The Kier molecular flexibility index (Phi) is 4.04. The van der Waals surface area contributed by atoms with Crippen molar-refractivity contribution in [3.05, 3.63) is 41.0 Å². The molecule has 0 bridgehead atoms. The molecule has 5 nitrogen and oxygen atoms in total. The number of nitrogens with zero attached hydrogens (tertiary/aromatic N) is 2. The molecule has 3 rings (SSSR count). The third-order valence-electron chi connectivity index (χ3n) is 3.00. The molecule has 0 unspecified atom stereocenters. The standard InChI is InChI=1S/C15H12ClN3O2S/c1-8-5-11-14(17-8)18-13(9-3-2-4-10(16)6-9)19-15(11)22-7-12(20)21/h2-6H,7H2,1H3,(H,20,21)(H,17,18,19). The second kappa shape index (κ2) is 5.98. The molecule has 0 aliphatic heterocycles. The van der Waals surface area contributed by atoms with Crippen LogP contribution in [0.3, 0.4) is 0 Å². The summed E-state index contributed by atoms with van der Waals surface area (Å²) in [4.78, 5) is 23.0. The number of aryl methyl sites for hydroxylation is 1. The van der Waals surface area contributed by atoms with Crippen LogP contribution >= 0.6 is 23.4 Å². The van der Waals surface area contributed by atoms with Crippen molar-refractivity contribution in [2.24, 2.45) is 0 Å². The lowest BCUT2D eigenvalue weighted by atomic mass is 10.2. The van der Waals surface area contributed by atoms with Gasteiger partial charge in [0.2, 0.25) is 0 Å². The zero-order valence-corrected chi connectivity index (χ0v) is 13.2. The van der Waals surface area contributed by atoms with Crippen molar-refractivity contribution in [3.63, 3.8) is 0 Å². The maximum atomic E-state index is 10.8. The molecule has 7 heteroatoms. The first kappa shape index (κ1) is 14.9. The van der Waals surface area contributed by atoms with Crippen LogP contribution in [0.1, 0.15) is 5.69 Å². The summed E-state index contributed by atoms with van der Waals surface area (Å²) >= 11 is 7.19. The average molecular weight is 334 g/mol. The molecule has 3 aromatic rings. The molecule has 0 aliphatic rings. The molecule has 0 saturated carbocycles. The molecule has 112 valence electrons. The summed E-state index contributed by atoms with van der Waals surface area (Å²) in [6.07, 6.45) is 0. The van der Waals surface area contributed by atoms with Crippen LogP contribution in [-0.4, -0.2) is 31.8 Å². The van der Waals surface area contributed by atoms with Gasteiger partial charge < -0.3 is 10.1 Å². The van der Waals surface area contributed by atoms with E-state index in [1.807, 2.05) is 25.1 Å². The van der Waals surface area contributed by atoms with Crippen LogP contribution < -0.4 is 0 Å². The molecule has 0 fully saturated rings. The van der Waals surface area contributed by atoms with Crippen molar-refractivity contribution in [2.75, 3.05) is 5.75 Å². The Morgan fingerprint density at radius 3 is 2.91 bits per heavy atom. The van der Waals surface area contributed by atoms with Gasteiger partial charge >= 0.3 is 5.97 Å². The van der Waals surface area contributed by atoms with Crippen molar-refractivity contribution in [2.45, 2.75) is 11.9 Å². The molecule has 22 heavy (non-hydrogen) atoms. The monoisotopic (exact) mass is 333 g/mol. The summed E-state index contributed by atoms with van der Waals surface area (Å²) in [7, 11) is 0. The zero-order valence-electron chi connectivity index (χ0n) is 11.6. The number of nitrogens with one attached hydrogen (secondary N) is 1. The van der Waals surface area contributed by atoms with Crippen molar-refractivity contribution >= 4 is 40.4 Å². The van der Waals surface area contributed by atoms with Gasteiger partial charge in [-0.25, -0.2) is 9.97 Å². The molecule has 0 spiro atoms. The van der Waals surface area contributed by atoms with Gasteiger partial charge in [-0.2, -0.15) is 0 Å². The van der Waals surface area contributed by atoms with E-state index in [1.54, 1.807) is 12.1 Å². The molecule has 2 heterocycles. The first-order valence-corrected chi connectivity index (χ1v) is 7.87. The third kappa shape index (κ3) is 3.08. The van der Waals surface area contributed by atoms with Gasteiger partial charge in [-0.05, 0) is 25.1 Å². The normalized spacial score (nSPS) is 11.0. The lowest BCUT2D eigenvalue weighted by Crippen LogP contribution is -1.99. The third-order valence-corrected chi connectivity index (χ3v) is 4.21. The van der Waals surface area contributed by atoms with Gasteiger partial charge in [0.25, 0.3) is 0 Å². The number of hydrogen-bond donors (Lipinski definition) is 2. The Bertz CT molecular complexity index is 863. The van der Waals surface area contributed by atoms with Crippen molar-refractivity contribution < 1.29 is 9.90 Å². The maximum Gasteiger partial charge on any atom is 0.313 e. The number of fused-ring (bicyclic) bond motifs is 1. The van der Waals surface area contributed by atoms with E-state index in [4.69, 9.17) is 16.7 Å². The molecular formula is C15H12ClN3O2S. The SMILES string of the molecule is Cc1cc2c(SCC(=O)O)nc(-c3cccc(Cl)c3)nc2[nH]1. The number of carboxylic acid groups (broad SMARTS) is 1. The molecule has 2 N–H and O–H groups in total. The van der Waals surface area contributed by atoms with Crippen molar-refractivity contribution in [1.29, 1.82) is 0 Å². The van der Waals surface area contributed by atoms with E-state index in [1.165, 1.54) is 11.8 Å². The molecule has 0 amide bonds. The Labute approximate surface area is 135 Å². The van der Waals surface area contributed by atoms with E-state index in [0.29, 0.717) is 21.5 Å². The second-order valence-corrected chi connectivity index (χ2v) is 6.16. The molecular weight excluding hydrogens is 322 g/mol. The second-order valence-electron chi connectivity index (χ2n) is 4.76. The lowest BCUT2D eigenvalue weighted by Gasteiger charge is -2.05. The van der Waals surface area contributed by atoms with Gasteiger partial charge in [-0.1, -0.05) is 35.5 Å². The minimum atomic E-state index is -0.881. The number of carbonyl (C=O) groups is 1. The van der Waals surface area contributed by atoms with Crippen LogP contribution in [-0.2, 0) is 4.79 Å². The number of thioether (sulfide) groups is 1. The highest BCUT2D eigenvalue weighted by atomic mass is 35.5. The van der Waals surface area contributed by atoms with Gasteiger partial charge in [0.05, 0.1) is 11.1 Å². The zero-order chi connectivity index (χ0) is 15.7. The summed E-state index contributed by atoms with van der Waals surface area (Å²) in [5, 5.41) is 11.0. The number of aromatic nitrogens is 3. The van der Waals surface area contributed by atoms with Gasteiger partial charge in [0.1, 0.15) is 10.7 Å². The van der Waals surface area contributed by atoms with E-state index in [0.717, 1.165) is 16.6 Å². The molecule has 1 aromatic carbocycles. The van der Waals surface area contributed by atoms with E-state index in [2.05, 4.69) is 15.0 Å². The van der Waals surface area contributed by atoms with Gasteiger partial charge in [0, 0.05) is 16.3 Å². The van der Waals surface area contributed by atoms with E-state index in [-0.39, 0.29) is 5.75 Å².